The summed E-state index contributed by atoms with van der Waals surface area (Å²) in [6.07, 6.45) is 1.53. The molecule has 0 spiro atoms. The predicted octanol–water partition coefficient (Wildman–Crippen LogP) is 0.275. The molecular formula is C17H16N2O3. The molecule has 0 fully saturated rings. The minimum atomic E-state index is -0.223. The van der Waals surface area contributed by atoms with Gasteiger partial charge in [-0.05, 0) is 17.4 Å². The van der Waals surface area contributed by atoms with Crippen LogP contribution >= 0.6 is 0 Å². The molecule has 0 radical (unpaired) electrons. The Morgan fingerprint density at radius 3 is 2.27 bits per heavy atom. The Labute approximate surface area is 127 Å². The molecule has 1 amide bonds. The van der Waals surface area contributed by atoms with Crippen molar-refractivity contribution in [2.45, 2.75) is 0 Å². The fourth-order valence-electron chi connectivity index (χ4n) is 2.43. The minimum Gasteiger partial charge on any atom is -0.493 e. The highest BCUT2D eigenvalue weighted by molar-refractivity contribution is 6.04. The van der Waals surface area contributed by atoms with E-state index in [1.165, 1.54) is 6.08 Å². The third kappa shape index (κ3) is 2.48. The second-order valence-corrected chi connectivity index (χ2v) is 4.79. The minimum absolute atomic E-state index is 0.223. The van der Waals surface area contributed by atoms with Gasteiger partial charge in [0.25, 0.3) is 5.91 Å². The van der Waals surface area contributed by atoms with Gasteiger partial charge in [0.05, 0.1) is 19.9 Å². The van der Waals surface area contributed by atoms with Crippen LogP contribution in [-0.4, -0.2) is 20.1 Å². The molecule has 1 heterocycles. The van der Waals surface area contributed by atoms with Gasteiger partial charge in [-0.1, -0.05) is 30.3 Å². The van der Waals surface area contributed by atoms with Crippen LogP contribution < -0.4 is 30.8 Å². The average molecular weight is 296 g/mol. The number of hydrogen-bond donors (Lipinski definition) is 2. The molecule has 0 bridgehead atoms. The van der Waals surface area contributed by atoms with E-state index in [2.05, 4.69) is 10.9 Å². The fraction of sp³-hybridized carbons (Fsp3) is 0.118. The maximum Gasteiger partial charge on any atom is 0.262 e. The molecule has 0 unspecified atom stereocenters. The Morgan fingerprint density at radius 1 is 0.909 bits per heavy atom. The topological polar surface area (TPSA) is 59.6 Å². The van der Waals surface area contributed by atoms with Crippen LogP contribution in [0.4, 0.5) is 0 Å². The first-order chi connectivity index (χ1) is 10.7. The van der Waals surface area contributed by atoms with Gasteiger partial charge in [0, 0.05) is 16.9 Å². The number of rotatable bonds is 3. The Morgan fingerprint density at radius 2 is 1.59 bits per heavy atom. The van der Waals surface area contributed by atoms with Crippen molar-refractivity contribution in [3.63, 3.8) is 0 Å². The molecule has 3 rings (SSSR count). The van der Waals surface area contributed by atoms with Crippen molar-refractivity contribution in [2.75, 3.05) is 14.2 Å². The van der Waals surface area contributed by atoms with Gasteiger partial charge in [-0.2, -0.15) is 0 Å². The van der Waals surface area contributed by atoms with E-state index in [-0.39, 0.29) is 5.91 Å². The number of carbonyl (C=O) groups is 1. The number of amides is 1. The number of ether oxygens (including phenoxy) is 2. The van der Waals surface area contributed by atoms with Crippen LogP contribution in [0.25, 0.3) is 11.8 Å². The van der Waals surface area contributed by atoms with Gasteiger partial charge in [0.2, 0.25) is 0 Å². The molecule has 1 aliphatic rings. The summed E-state index contributed by atoms with van der Waals surface area (Å²) in [6.45, 7) is 0. The maximum atomic E-state index is 11.9. The quantitative estimate of drug-likeness (QED) is 0.854. The maximum absolute atomic E-state index is 11.9. The molecule has 112 valence electrons. The average Bonchev–Trinajstić information content (AvgIpc) is 2.72. The summed E-state index contributed by atoms with van der Waals surface area (Å²) in [4.78, 5) is 11.9. The normalized spacial score (nSPS) is 13.2. The van der Waals surface area contributed by atoms with E-state index >= 15 is 0 Å². The molecule has 2 aromatic carbocycles. The van der Waals surface area contributed by atoms with Crippen molar-refractivity contribution in [1.29, 1.82) is 0 Å². The summed E-state index contributed by atoms with van der Waals surface area (Å²) in [5, 5.41) is 1.63. The van der Waals surface area contributed by atoms with Crippen LogP contribution in [0.3, 0.4) is 0 Å². The lowest BCUT2D eigenvalue weighted by molar-refractivity contribution is -0.115. The number of benzene rings is 2. The third-order valence-electron chi connectivity index (χ3n) is 3.48. The molecule has 0 saturated carbocycles. The van der Waals surface area contributed by atoms with Crippen molar-refractivity contribution in [3.05, 3.63) is 58.5 Å². The lowest BCUT2D eigenvalue weighted by Gasteiger charge is -2.11. The van der Waals surface area contributed by atoms with E-state index in [1.807, 2.05) is 36.4 Å². The second kappa shape index (κ2) is 5.81. The van der Waals surface area contributed by atoms with Gasteiger partial charge in [-0.25, -0.2) is 0 Å². The van der Waals surface area contributed by atoms with Crippen LogP contribution in [0.1, 0.15) is 5.56 Å². The first kappa shape index (κ1) is 14.0. The van der Waals surface area contributed by atoms with Gasteiger partial charge in [0.1, 0.15) is 0 Å². The van der Waals surface area contributed by atoms with Gasteiger partial charge >= 0.3 is 0 Å². The second-order valence-electron chi connectivity index (χ2n) is 4.79. The summed E-state index contributed by atoms with van der Waals surface area (Å²) in [6, 6.07) is 13.4. The van der Waals surface area contributed by atoms with E-state index in [9.17, 15) is 4.79 Å². The lowest BCUT2D eigenvalue weighted by atomic mass is 10.1. The van der Waals surface area contributed by atoms with Gasteiger partial charge < -0.3 is 9.47 Å². The van der Waals surface area contributed by atoms with Crippen molar-refractivity contribution in [3.8, 4) is 11.5 Å². The zero-order chi connectivity index (χ0) is 15.5. The smallest absolute Gasteiger partial charge is 0.262 e. The fourth-order valence-corrected chi connectivity index (χ4v) is 2.43. The predicted molar refractivity (Wildman–Crippen MR) is 83.5 cm³/mol. The van der Waals surface area contributed by atoms with E-state index in [0.717, 1.165) is 21.7 Å². The Balaban J connectivity index is 2.38. The summed E-state index contributed by atoms with van der Waals surface area (Å²) in [7, 11) is 3.16. The molecular weight excluding hydrogens is 280 g/mol. The number of fused-ring (bicyclic) bond motifs is 1. The zero-order valence-corrected chi connectivity index (χ0v) is 12.3. The largest absolute Gasteiger partial charge is 0.493 e. The zero-order valence-electron chi connectivity index (χ0n) is 12.3. The van der Waals surface area contributed by atoms with Crippen LogP contribution in [0, 0.1) is 0 Å². The molecule has 2 aromatic rings. The first-order valence-corrected chi connectivity index (χ1v) is 6.82. The molecule has 22 heavy (non-hydrogen) atoms. The molecule has 0 saturated heterocycles. The molecule has 0 aliphatic carbocycles. The third-order valence-corrected chi connectivity index (χ3v) is 3.48. The summed E-state index contributed by atoms with van der Waals surface area (Å²) < 4.78 is 10.7. The number of methoxy groups -OCH3 is 2. The highest BCUT2D eigenvalue weighted by atomic mass is 16.5. The first-order valence-electron chi connectivity index (χ1n) is 6.82. The van der Waals surface area contributed by atoms with Crippen molar-refractivity contribution < 1.29 is 14.3 Å². The number of hydrogen-bond acceptors (Lipinski definition) is 4. The van der Waals surface area contributed by atoms with E-state index in [0.29, 0.717) is 11.5 Å². The molecule has 0 aromatic heterocycles. The van der Waals surface area contributed by atoms with Crippen LogP contribution in [0.15, 0.2) is 42.5 Å². The number of hydrazine groups is 1. The SMILES string of the molecule is COc1cc2c(cc1OC)=C(c1ccccc1)NNC(=O)C=2. The Bertz CT molecular complexity index is 829. The molecule has 1 aliphatic heterocycles. The highest BCUT2D eigenvalue weighted by Crippen LogP contribution is 2.22. The summed E-state index contributed by atoms with van der Waals surface area (Å²) in [5.41, 5.74) is 7.40. The van der Waals surface area contributed by atoms with Crippen molar-refractivity contribution >= 4 is 17.7 Å². The van der Waals surface area contributed by atoms with E-state index < -0.39 is 0 Å². The monoisotopic (exact) mass is 296 g/mol. The molecule has 5 nitrogen and oxygen atoms in total. The lowest BCUT2D eigenvalue weighted by Crippen LogP contribution is -2.36. The van der Waals surface area contributed by atoms with Crippen molar-refractivity contribution in [2.24, 2.45) is 0 Å². The molecule has 2 N–H and O–H groups in total. The standard InChI is InChI=1S/C17H16N2O3/c1-21-14-8-12-9-16(20)18-19-17(11-6-4-3-5-7-11)13(12)10-15(14)22-2/h3-10,19H,1-2H3,(H,18,20). The van der Waals surface area contributed by atoms with Gasteiger partial charge in [0.15, 0.2) is 11.5 Å². The van der Waals surface area contributed by atoms with E-state index in [4.69, 9.17) is 9.47 Å². The van der Waals surface area contributed by atoms with E-state index in [1.54, 1.807) is 20.3 Å². The molecule has 5 heteroatoms. The van der Waals surface area contributed by atoms with Crippen molar-refractivity contribution in [1.82, 2.24) is 10.9 Å². The summed E-state index contributed by atoms with van der Waals surface area (Å²) >= 11 is 0. The number of carbonyl (C=O) groups excluding carboxylic acids is 1. The van der Waals surface area contributed by atoms with Gasteiger partial charge in [-0.3, -0.25) is 15.6 Å². The Hall–Kier alpha value is -2.95. The Kier molecular flexibility index (Phi) is 3.70. The van der Waals surface area contributed by atoms with Crippen LogP contribution in [-0.2, 0) is 4.79 Å². The molecule has 0 atom stereocenters. The highest BCUT2D eigenvalue weighted by Gasteiger charge is 2.12. The van der Waals surface area contributed by atoms with Gasteiger partial charge in [-0.15, -0.1) is 0 Å². The van der Waals surface area contributed by atoms with Crippen LogP contribution in [0.5, 0.6) is 11.5 Å². The summed E-state index contributed by atoms with van der Waals surface area (Å²) in [5.74, 6) is 0.971. The van der Waals surface area contributed by atoms with Crippen LogP contribution in [0.2, 0.25) is 0 Å². The number of nitrogens with one attached hydrogen (secondary N) is 2.